The van der Waals surface area contributed by atoms with Crippen LogP contribution >= 0.6 is 0 Å². The summed E-state index contributed by atoms with van der Waals surface area (Å²) in [6, 6.07) is 9.99. The van der Waals surface area contributed by atoms with E-state index in [2.05, 4.69) is 0 Å². The van der Waals surface area contributed by atoms with Crippen molar-refractivity contribution in [3.63, 3.8) is 0 Å². The zero-order valence-electron chi connectivity index (χ0n) is 11.3. The number of carbonyl (C=O) groups is 1. The number of para-hydroxylation sites is 1. The Morgan fingerprint density at radius 3 is 2.81 bits per heavy atom. The van der Waals surface area contributed by atoms with Crippen LogP contribution in [0, 0.1) is 11.3 Å². The van der Waals surface area contributed by atoms with E-state index < -0.39 is 17.2 Å². The van der Waals surface area contributed by atoms with E-state index in [-0.39, 0.29) is 17.9 Å². The summed E-state index contributed by atoms with van der Waals surface area (Å²) in [7, 11) is 0. The first kappa shape index (κ1) is 14.3. The summed E-state index contributed by atoms with van der Waals surface area (Å²) in [6.45, 7) is 1.71. The van der Waals surface area contributed by atoms with Gasteiger partial charge in [0.25, 0.3) is 0 Å². The SMILES string of the molecule is CCOC(=O)C(C#N)=C(N)c1cc2ccccc2oc1=O. The maximum atomic E-state index is 11.9. The molecule has 2 N–H and O–H groups in total. The summed E-state index contributed by atoms with van der Waals surface area (Å²) in [5.74, 6) is -0.870. The van der Waals surface area contributed by atoms with Crippen LogP contribution in [-0.2, 0) is 9.53 Å². The molecule has 2 aromatic rings. The number of hydrogen-bond donors (Lipinski definition) is 1. The zero-order valence-corrected chi connectivity index (χ0v) is 11.3. The molecule has 1 heterocycles. The first-order valence-electron chi connectivity index (χ1n) is 6.18. The summed E-state index contributed by atoms with van der Waals surface area (Å²) in [5.41, 5.74) is 4.73. The van der Waals surface area contributed by atoms with E-state index in [1.807, 2.05) is 0 Å². The maximum Gasteiger partial charge on any atom is 0.351 e. The number of carbonyl (C=O) groups excluding carboxylic acids is 1. The first-order chi connectivity index (χ1) is 10.1. The van der Waals surface area contributed by atoms with Crippen molar-refractivity contribution in [1.82, 2.24) is 0 Å². The van der Waals surface area contributed by atoms with Crippen LogP contribution in [0.4, 0.5) is 0 Å². The van der Waals surface area contributed by atoms with Crippen LogP contribution < -0.4 is 11.4 Å². The van der Waals surface area contributed by atoms with Gasteiger partial charge < -0.3 is 14.9 Å². The maximum absolute atomic E-state index is 11.9. The average molecular weight is 284 g/mol. The molecule has 0 radical (unpaired) electrons. The molecule has 0 aliphatic heterocycles. The van der Waals surface area contributed by atoms with Crippen LogP contribution in [0.15, 0.2) is 45.1 Å². The number of rotatable bonds is 3. The number of esters is 1. The average Bonchev–Trinajstić information content (AvgIpc) is 2.47. The molecule has 0 saturated heterocycles. The standard InChI is InChI=1S/C15H12N2O4/c1-2-20-14(18)11(8-16)13(17)10-7-9-5-3-4-6-12(9)21-15(10)19/h3-7H,2,17H2,1H3. The molecular formula is C15H12N2O4. The third-order valence-corrected chi connectivity index (χ3v) is 2.79. The van der Waals surface area contributed by atoms with E-state index in [0.29, 0.717) is 11.0 Å². The second kappa shape index (κ2) is 5.92. The second-order valence-corrected chi connectivity index (χ2v) is 4.11. The van der Waals surface area contributed by atoms with Gasteiger partial charge in [-0.1, -0.05) is 18.2 Å². The van der Waals surface area contributed by atoms with Crippen molar-refractivity contribution in [2.45, 2.75) is 6.92 Å². The number of hydrogen-bond acceptors (Lipinski definition) is 6. The molecule has 0 aliphatic rings. The molecule has 1 aromatic heterocycles. The van der Waals surface area contributed by atoms with Crippen molar-refractivity contribution in [3.05, 3.63) is 51.9 Å². The van der Waals surface area contributed by atoms with Gasteiger partial charge in [-0.15, -0.1) is 0 Å². The smallest absolute Gasteiger partial charge is 0.351 e. The lowest BCUT2D eigenvalue weighted by atomic mass is 10.1. The highest BCUT2D eigenvalue weighted by Crippen LogP contribution is 2.17. The minimum Gasteiger partial charge on any atom is -0.462 e. The Morgan fingerprint density at radius 1 is 1.43 bits per heavy atom. The Labute approximate surface area is 120 Å². The predicted molar refractivity (Wildman–Crippen MR) is 75.8 cm³/mol. The first-order valence-corrected chi connectivity index (χ1v) is 6.18. The van der Waals surface area contributed by atoms with Gasteiger partial charge in [-0.25, -0.2) is 9.59 Å². The summed E-state index contributed by atoms with van der Waals surface area (Å²) >= 11 is 0. The largest absolute Gasteiger partial charge is 0.462 e. The molecule has 6 nitrogen and oxygen atoms in total. The fourth-order valence-corrected chi connectivity index (χ4v) is 1.80. The number of nitrogens with two attached hydrogens (primary N) is 1. The molecule has 0 bridgehead atoms. The second-order valence-electron chi connectivity index (χ2n) is 4.11. The molecule has 106 valence electrons. The Hall–Kier alpha value is -3.07. The zero-order chi connectivity index (χ0) is 15.4. The normalized spacial score (nSPS) is 11.6. The van der Waals surface area contributed by atoms with Crippen molar-refractivity contribution < 1.29 is 13.9 Å². The number of benzene rings is 1. The molecule has 0 fully saturated rings. The third kappa shape index (κ3) is 2.77. The molecule has 0 aliphatic carbocycles. The Bertz CT molecular complexity index is 827. The van der Waals surface area contributed by atoms with Crippen molar-refractivity contribution >= 4 is 22.6 Å². The minimum absolute atomic E-state index is 0.0432. The molecule has 1 aromatic carbocycles. The van der Waals surface area contributed by atoms with Crippen LogP contribution in [0.25, 0.3) is 16.7 Å². The minimum atomic E-state index is -0.870. The predicted octanol–water partition coefficient (Wildman–Crippen LogP) is 1.55. The summed E-state index contributed by atoms with van der Waals surface area (Å²) in [6.07, 6.45) is 0. The van der Waals surface area contributed by atoms with Crippen LogP contribution in [0.5, 0.6) is 0 Å². The highest BCUT2D eigenvalue weighted by Gasteiger charge is 2.19. The van der Waals surface area contributed by atoms with Crippen molar-refractivity contribution in [2.24, 2.45) is 5.73 Å². The molecule has 21 heavy (non-hydrogen) atoms. The number of nitrogens with zero attached hydrogens (tertiary/aromatic N) is 1. The fourth-order valence-electron chi connectivity index (χ4n) is 1.80. The van der Waals surface area contributed by atoms with Crippen molar-refractivity contribution in [2.75, 3.05) is 6.61 Å². The number of nitriles is 1. The molecular weight excluding hydrogens is 272 g/mol. The van der Waals surface area contributed by atoms with Crippen molar-refractivity contribution in [3.8, 4) is 6.07 Å². The van der Waals surface area contributed by atoms with E-state index in [1.165, 1.54) is 6.07 Å². The number of fused-ring (bicyclic) bond motifs is 1. The highest BCUT2D eigenvalue weighted by molar-refractivity contribution is 6.01. The monoisotopic (exact) mass is 284 g/mol. The summed E-state index contributed by atoms with van der Waals surface area (Å²) in [4.78, 5) is 23.6. The Morgan fingerprint density at radius 2 is 2.14 bits per heavy atom. The third-order valence-electron chi connectivity index (χ3n) is 2.79. The quantitative estimate of drug-likeness (QED) is 0.396. The lowest BCUT2D eigenvalue weighted by Gasteiger charge is -2.05. The van der Waals surface area contributed by atoms with Crippen LogP contribution in [0.2, 0.25) is 0 Å². The fraction of sp³-hybridized carbons (Fsp3) is 0.133. The lowest BCUT2D eigenvalue weighted by Crippen LogP contribution is -2.17. The van der Waals surface area contributed by atoms with Gasteiger partial charge in [-0.2, -0.15) is 5.26 Å². The molecule has 0 atom stereocenters. The van der Waals surface area contributed by atoms with E-state index in [9.17, 15) is 9.59 Å². The van der Waals surface area contributed by atoms with Gasteiger partial charge in [-0.05, 0) is 19.1 Å². The van der Waals surface area contributed by atoms with E-state index in [0.717, 1.165) is 0 Å². The van der Waals surface area contributed by atoms with Gasteiger partial charge in [0.05, 0.1) is 17.9 Å². The van der Waals surface area contributed by atoms with Gasteiger partial charge >= 0.3 is 11.6 Å². The van der Waals surface area contributed by atoms with Crippen molar-refractivity contribution in [1.29, 1.82) is 5.26 Å². The van der Waals surface area contributed by atoms with Crippen LogP contribution in [0.1, 0.15) is 12.5 Å². The summed E-state index contributed by atoms with van der Waals surface area (Å²) in [5, 5.41) is 9.67. The molecule has 2 rings (SSSR count). The van der Waals surface area contributed by atoms with Crippen LogP contribution in [0.3, 0.4) is 0 Å². The van der Waals surface area contributed by atoms with E-state index >= 15 is 0 Å². The Kier molecular flexibility index (Phi) is 4.05. The molecule has 0 saturated carbocycles. The molecule has 6 heteroatoms. The lowest BCUT2D eigenvalue weighted by molar-refractivity contribution is -0.137. The van der Waals surface area contributed by atoms with Crippen LogP contribution in [-0.4, -0.2) is 12.6 Å². The van der Waals surface area contributed by atoms with Gasteiger partial charge in [0.2, 0.25) is 0 Å². The summed E-state index contributed by atoms with van der Waals surface area (Å²) < 4.78 is 9.85. The number of ether oxygens (including phenoxy) is 1. The molecule has 0 spiro atoms. The Balaban J connectivity index is 2.64. The van der Waals surface area contributed by atoms with E-state index in [1.54, 1.807) is 37.3 Å². The topological polar surface area (TPSA) is 106 Å². The molecule has 0 unspecified atom stereocenters. The van der Waals surface area contributed by atoms with E-state index in [4.69, 9.17) is 20.1 Å². The molecule has 0 amide bonds. The van der Waals surface area contributed by atoms with Gasteiger partial charge in [0, 0.05) is 5.39 Å². The highest BCUT2D eigenvalue weighted by atomic mass is 16.5. The van der Waals surface area contributed by atoms with Gasteiger partial charge in [0.15, 0.2) is 5.57 Å². The van der Waals surface area contributed by atoms with Gasteiger partial charge in [0.1, 0.15) is 11.7 Å². The van der Waals surface area contributed by atoms with Gasteiger partial charge in [-0.3, -0.25) is 0 Å².